The number of rotatable bonds is 3. The third kappa shape index (κ3) is 2.18. The van der Waals surface area contributed by atoms with Gasteiger partial charge in [-0.3, -0.25) is 0 Å². The highest BCUT2D eigenvalue weighted by Crippen LogP contribution is 2.29. The van der Waals surface area contributed by atoms with Crippen molar-refractivity contribution < 1.29 is 5.11 Å². The number of aliphatic hydroxyl groups excluding tert-OH is 1. The number of thiol groups is 1. The lowest BCUT2D eigenvalue weighted by Gasteiger charge is -2.11. The Kier molecular flexibility index (Phi) is 3.13. The van der Waals surface area contributed by atoms with Gasteiger partial charge < -0.3 is 16.2 Å². The first-order chi connectivity index (χ1) is 7.60. The summed E-state index contributed by atoms with van der Waals surface area (Å²) in [6.07, 6.45) is 0. The maximum atomic E-state index is 8.98. The summed E-state index contributed by atoms with van der Waals surface area (Å²) in [5.74, 6) is 0.603. The Morgan fingerprint density at radius 3 is 2.94 bits per heavy atom. The number of nitrogens with two attached hydrogens (primary N) is 1. The fraction of sp³-hybridized carbons (Fsp3) is 0.375. The zero-order valence-electron chi connectivity index (χ0n) is 8.51. The topological polar surface area (TPSA) is 97.0 Å². The van der Waals surface area contributed by atoms with Crippen molar-refractivity contribution in [3.05, 3.63) is 0 Å². The summed E-state index contributed by atoms with van der Waals surface area (Å²) >= 11 is 5.39. The minimum absolute atomic E-state index is 0.0156. The normalized spacial score (nSPS) is 12.9. The van der Waals surface area contributed by atoms with E-state index in [1.807, 2.05) is 6.92 Å². The van der Waals surface area contributed by atoms with Crippen molar-refractivity contribution >= 4 is 45.3 Å². The number of nitrogens with zero attached hydrogens (tertiary/aromatic N) is 3. The second-order valence-electron chi connectivity index (χ2n) is 3.31. The first-order valence-electron chi connectivity index (χ1n) is 4.60. The molecule has 0 fully saturated rings. The molecule has 0 bridgehead atoms. The van der Waals surface area contributed by atoms with Gasteiger partial charge in [0.1, 0.15) is 4.70 Å². The molecule has 0 amide bonds. The maximum absolute atomic E-state index is 8.98. The van der Waals surface area contributed by atoms with Crippen LogP contribution in [0.3, 0.4) is 0 Å². The van der Waals surface area contributed by atoms with Crippen LogP contribution in [-0.2, 0) is 0 Å². The summed E-state index contributed by atoms with van der Waals surface area (Å²) in [5.41, 5.74) is 6.13. The number of thiazole rings is 1. The number of aliphatic hydroxyl groups is 1. The van der Waals surface area contributed by atoms with Crippen LogP contribution in [0.5, 0.6) is 0 Å². The van der Waals surface area contributed by atoms with Crippen molar-refractivity contribution in [2.75, 3.05) is 17.7 Å². The fourth-order valence-corrected chi connectivity index (χ4v) is 2.13. The molecule has 0 aliphatic heterocycles. The molecular formula is C8H11N5OS2. The van der Waals surface area contributed by atoms with Crippen molar-refractivity contribution in [2.24, 2.45) is 0 Å². The van der Waals surface area contributed by atoms with E-state index in [4.69, 9.17) is 10.8 Å². The number of nitrogens with one attached hydrogen (secondary N) is 1. The Balaban J connectivity index is 2.49. The molecule has 0 radical (unpaired) electrons. The molecular weight excluding hydrogens is 246 g/mol. The van der Waals surface area contributed by atoms with Gasteiger partial charge in [0.05, 0.1) is 6.61 Å². The van der Waals surface area contributed by atoms with E-state index < -0.39 is 0 Å². The molecule has 2 aromatic rings. The molecule has 2 rings (SSSR count). The van der Waals surface area contributed by atoms with Gasteiger partial charge in [0.25, 0.3) is 0 Å². The van der Waals surface area contributed by atoms with Crippen LogP contribution < -0.4 is 11.1 Å². The molecule has 1 atom stereocenters. The van der Waals surface area contributed by atoms with Crippen LogP contribution in [0.25, 0.3) is 10.3 Å². The van der Waals surface area contributed by atoms with E-state index in [0.717, 1.165) is 4.70 Å². The minimum atomic E-state index is -0.103. The summed E-state index contributed by atoms with van der Waals surface area (Å²) in [6, 6.07) is -0.103. The molecule has 2 heterocycles. The molecule has 0 saturated heterocycles. The zero-order chi connectivity index (χ0) is 11.7. The summed E-state index contributed by atoms with van der Waals surface area (Å²) in [6.45, 7) is 1.86. The number of fused-ring (bicyclic) bond motifs is 1. The highest BCUT2D eigenvalue weighted by atomic mass is 32.1. The first kappa shape index (κ1) is 11.4. The molecule has 0 aliphatic rings. The molecule has 4 N–H and O–H groups in total. The quantitative estimate of drug-likeness (QED) is 0.478. The molecule has 0 aliphatic carbocycles. The van der Waals surface area contributed by atoms with Gasteiger partial charge in [0.2, 0.25) is 0 Å². The van der Waals surface area contributed by atoms with E-state index in [2.05, 4.69) is 32.9 Å². The van der Waals surface area contributed by atoms with E-state index >= 15 is 0 Å². The van der Waals surface area contributed by atoms with E-state index in [1.54, 1.807) is 0 Å². The van der Waals surface area contributed by atoms with E-state index in [-0.39, 0.29) is 12.6 Å². The van der Waals surface area contributed by atoms with Gasteiger partial charge in [-0.2, -0.15) is 0 Å². The van der Waals surface area contributed by atoms with Gasteiger partial charge in [-0.25, -0.2) is 15.0 Å². The average Bonchev–Trinajstić information content (AvgIpc) is 2.58. The SMILES string of the molecule is CC(CO)Nc1nc(S)nc2nc(N)sc12. The van der Waals surface area contributed by atoms with Crippen molar-refractivity contribution in [2.45, 2.75) is 18.1 Å². The van der Waals surface area contributed by atoms with Gasteiger partial charge in [0.15, 0.2) is 21.8 Å². The average molecular weight is 257 g/mol. The molecule has 6 nitrogen and oxygen atoms in total. The Labute approximate surface area is 101 Å². The number of nitrogen functional groups attached to an aromatic ring is 1. The van der Waals surface area contributed by atoms with Gasteiger partial charge >= 0.3 is 0 Å². The highest BCUT2D eigenvalue weighted by Gasteiger charge is 2.12. The third-order valence-electron chi connectivity index (χ3n) is 1.92. The fourth-order valence-electron chi connectivity index (χ4n) is 1.21. The van der Waals surface area contributed by atoms with Crippen LogP contribution >= 0.6 is 24.0 Å². The summed E-state index contributed by atoms with van der Waals surface area (Å²) in [5, 5.41) is 12.8. The number of hydrogen-bond donors (Lipinski definition) is 4. The Bertz CT molecular complexity index is 514. The lowest BCUT2D eigenvalue weighted by molar-refractivity contribution is 0.281. The molecule has 0 spiro atoms. The standard InChI is InChI=1S/C8H11N5OS2/c1-3(2-14)10-5-4-6(11-7(9)16-4)13-8(15)12-5/h3,14H,2H2,1H3,(H4,9,10,11,12,13,15). The Hall–Kier alpha value is -1.12. The van der Waals surface area contributed by atoms with Crippen molar-refractivity contribution in [3.8, 4) is 0 Å². The molecule has 0 saturated carbocycles. The third-order valence-corrected chi connectivity index (χ3v) is 3.00. The van der Waals surface area contributed by atoms with Crippen molar-refractivity contribution in [1.82, 2.24) is 15.0 Å². The van der Waals surface area contributed by atoms with Gasteiger partial charge in [-0.05, 0) is 6.92 Å². The monoisotopic (exact) mass is 257 g/mol. The van der Waals surface area contributed by atoms with E-state index in [9.17, 15) is 0 Å². The lowest BCUT2D eigenvalue weighted by Crippen LogP contribution is -2.20. The van der Waals surface area contributed by atoms with Gasteiger partial charge in [0, 0.05) is 6.04 Å². The van der Waals surface area contributed by atoms with Crippen LogP contribution in [0.2, 0.25) is 0 Å². The number of anilines is 2. The van der Waals surface area contributed by atoms with Crippen LogP contribution in [0.1, 0.15) is 6.92 Å². The number of hydrogen-bond acceptors (Lipinski definition) is 8. The summed E-state index contributed by atoms with van der Waals surface area (Å²) < 4.78 is 0.774. The van der Waals surface area contributed by atoms with Gasteiger partial charge in [-0.1, -0.05) is 11.3 Å². The van der Waals surface area contributed by atoms with Crippen LogP contribution in [0.4, 0.5) is 10.9 Å². The van der Waals surface area contributed by atoms with Crippen molar-refractivity contribution in [1.29, 1.82) is 0 Å². The first-order valence-corrected chi connectivity index (χ1v) is 5.87. The van der Waals surface area contributed by atoms with Crippen LogP contribution in [0.15, 0.2) is 5.16 Å². The van der Waals surface area contributed by atoms with Crippen LogP contribution in [0, 0.1) is 0 Å². The summed E-state index contributed by atoms with van der Waals surface area (Å²) in [4.78, 5) is 12.3. The maximum Gasteiger partial charge on any atom is 0.188 e. The second kappa shape index (κ2) is 4.40. The predicted octanol–water partition coefficient (Wildman–Crippen LogP) is 0.750. The van der Waals surface area contributed by atoms with E-state index in [0.29, 0.717) is 21.8 Å². The van der Waals surface area contributed by atoms with Crippen molar-refractivity contribution in [3.63, 3.8) is 0 Å². The zero-order valence-corrected chi connectivity index (χ0v) is 10.2. The number of aromatic nitrogens is 3. The van der Waals surface area contributed by atoms with Crippen LogP contribution in [-0.4, -0.2) is 32.7 Å². The largest absolute Gasteiger partial charge is 0.394 e. The molecule has 2 aromatic heterocycles. The smallest absolute Gasteiger partial charge is 0.188 e. The Morgan fingerprint density at radius 1 is 1.50 bits per heavy atom. The molecule has 86 valence electrons. The van der Waals surface area contributed by atoms with E-state index in [1.165, 1.54) is 11.3 Å². The molecule has 1 unspecified atom stereocenters. The second-order valence-corrected chi connectivity index (χ2v) is 4.74. The molecule has 16 heavy (non-hydrogen) atoms. The molecule has 8 heteroatoms. The summed E-state index contributed by atoms with van der Waals surface area (Å²) in [7, 11) is 0. The lowest BCUT2D eigenvalue weighted by atomic mass is 10.3. The van der Waals surface area contributed by atoms with Gasteiger partial charge in [-0.15, -0.1) is 12.6 Å². The minimum Gasteiger partial charge on any atom is -0.394 e. The highest BCUT2D eigenvalue weighted by molar-refractivity contribution is 7.80. The Morgan fingerprint density at radius 2 is 2.25 bits per heavy atom. The molecule has 0 aromatic carbocycles. The predicted molar refractivity (Wildman–Crippen MR) is 67.0 cm³/mol.